The molecule has 1 aliphatic heterocycles. The van der Waals surface area contributed by atoms with E-state index in [1.807, 2.05) is 13.8 Å². The maximum Gasteiger partial charge on any atom is 0.187 e. The van der Waals surface area contributed by atoms with E-state index >= 15 is 0 Å². The number of methoxy groups -OCH3 is 1. The highest BCUT2D eigenvalue weighted by molar-refractivity contribution is 5.43. The van der Waals surface area contributed by atoms with Crippen LogP contribution >= 0.6 is 0 Å². The van der Waals surface area contributed by atoms with Gasteiger partial charge in [0.1, 0.15) is 30.5 Å². The number of alkyl halides is 1. The lowest BCUT2D eigenvalue weighted by molar-refractivity contribution is -0.319. The number of aliphatic hydroxyl groups is 5. The highest BCUT2D eigenvalue weighted by atomic mass is 19.1. The van der Waals surface area contributed by atoms with Gasteiger partial charge in [0.25, 0.3) is 0 Å². The summed E-state index contributed by atoms with van der Waals surface area (Å²) in [4.78, 5) is 0. The van der Waals surface area contributed by atoms with Crippen LogP contribution in [0.2, 0.25) is 0 Å². The molecule has 0 aromatic rings. The first kappa shape index (κ1) is 33.7. The van der Waals surface area contributed by atoms with Crippen molar-refractivity contribution in [1.82, 2.24) is 0 Å². The van der Waals surface area contributed by atoms with Gasteiger partial charge in [0.15, 0.2) is 6.29 Å². The zero-order valence-corrected chi connectivity index (χ0v) is 25.8. The molecular formula is C32H51FO9. The molecule has 2 fully saturated rings. The van der Waals surface area contributed by atoms with Crippen LogP contribution in [0.15, 0.2) is 35.5 Å². The molecule has 3 aliphatic carbocycles. The Balaban J connectivity index is 1.76. The van der Waals surface area contributed by atoms with Gasteiger partial charge in [0.2, 0.25) is 0 Å². The van der Waals surface area contributed by atoms with Crippen molar-refractivity contribution < 1.29 is 48.9 Å². The van der Waals surface area contributed by atoms with E-state index in [0.717, 1.165) is 18.4 Å². The van der Waals surface area contributed by atoms with E-state index in [9.17, 15) is 29.9 Å². The minimum absolute atomic E-state index is 0.00590. The maximum atomic E-state index is 14.2. The van der Waals surface area contributed by atoms with Crippen LogP contribution in [0.1, 0.15) is 53.9 Å². The van der Waals surface area contributed by atoms with E-state index in [1.54, 1.807) is 34.0 Å². The van der Waals surface area contributed by atoms with Crippen molar-refractivity contribution in [2.45, 2.75) is 108 Å². The van der Waals surface area contributed by atoms with Crippen molar-refractivity contribution in [2.24, 2.45) is 29.1 Å². The van der Waals surface area contributed by atoms with E-state index in [0.29, 0.717) is 17.8 Å². The monoisotopic (exact) mass is 598 g/mol. The first-order chi connectivity index (χ1) is 19.7. The minimum atomic E-state index is -1.64. The molecule has 13 atom stereocenters. The van der Waals surface area contributed by atoms with E-state index in [-0.39, 0.29) is 30.8 Å². The highest BCUT2D eigenvalue weighted by Crippen LogP contribution is 2.55. The van der Waals surface area contributed by atoms with Crippen molar-refractivity contribution in [2.75, 3.05) is 27.0 Å². The first-order valence-corrected chi connectivity index (χ1v) is 15.2. The van der Waals surface area contributed by atoms with Gasteiger partial charge in [-0.15, -0.1) is 6.58 Å². The quantitative estimate of drug-likeness (QED) is 0.240. The summed E-state index contributed by atoms with van der Waals surface area (Å²) in [5.74, 6) is -0.681. The van der Waals surface area contributed by atoms with Crippen LogP contribution in [0.4, 0.5) is 4.39 Å². The summed E-state index contributed by atoms with van der Waals surface area (Å²) in [7, 11) is 1.66. The second-order valence-corrected chi connectivity index (χ2v) is 13.5. The lowest BCUT2D eigenvalue weighted by Crippen LogP contribution is -2.61. The summed E-state index contributed by atoms with van der Waals surface area (Å²) in [6, 6.07) is 0. The number of fused-ring (bicyclic) bond motifs is 2. The summed E-state index contributed by atoms with van der Waals surface area (Å²) >= 11 is 0. The van der Waals surface area contributed by atoms with Gasteiger partial charge in [-0.2, -0.15) is 0 Å². The smallest absolute Gasteiger partial charge is 0.187 e. The molecular weight excluding hydrogens is 547 g/mol. The number of aliphatic hydroxyl groups excluding tert-OH is 5. The van der Waals surface area contributed by atoms with E-state index in [1.165, 1.54) is 0 Å². The average molecular weight is 599 g/mol. The Hall–Kier alpha value is -1.21. The van der Waals surface area contributed by atoms with Gasteiger partial charge >= 0.3 is 0 Å². The molecule has 0 amide bonds. The SMILES string of the molecule is C=CC(C)(C)OC[C@H]1O[C@H](O[C@@H]2C3=C([C@@H](C)CF)C[C@H](O)[C@]3(C)/C=C3/[C@@H](COC)CC[C@H]3[C@@H](C)[C@H]2O)[C@H](O)[C@@H](O)[C@@H]1O. The predicted octanol–water partition coefficient (Wildman–Crippen LogP) is 2.44. The number of halogens is 1. The average Bonchev–Trinajstić information content (AvgIpc) is 3.46. The van der Waals surface area contributed by atoms with Crippen LogP contribution in [-0.4, -0.2) is 107 Å². The molecule has 0 aromatic heterocycles. The van der Waals surface area contributed by atoms with Crippen LogP contribution in [-0.2, 0) is 18.9 Å². The van der Waals surface area contributed by atoms with Crippen LogP contribution in [0, 0.1) is 29.1 Å². The fourth-order valence-corrected chi connectivity index (χ4v) is 7.31. The summed E-state index contributed by atoms with van der Waals surface area (Å²) in [6.45, 7) is 12.6. The summed E-state index contributed by atoms with van der Waals surface area (Å²) < 4.78 is 38.0. The van der Waals surface area contributed by atoms with Gasteiger partial charge in [-0.25, -0.2) is 0 Å². The second kappa shape index (κ2) is 13.0. The Morgan fingerprint density at radius 1 is 1.12 bits per heavy atom. The molecule has 5 N–H and O–H groups in total. The van der Waals surface area contributed by atoms with Crippen LogP contribution < -0.4 is 0 Å². The predicted molar refractivity (Wildman–Crippen MR) is 154 cm³/mol. The van der Waals surface area contributed by atoms with Crippen molar-refractivity contribution in [3.8, 4) is 0 Å². The molecule has 0 spiro atoms. The van der Waals surface area contributed by atoms with E-state index < -0.39 is 72.6 Å². The third kappa shape index (κ3) is 6.17. The molecule has 0 bridgehead atoms. The third-order valence-corrected chi connectivity index (χ3v) is 10.2. The fraction of sp³-hybridized carbons (Fsp3) is 0.812. The lowest BCUT2D eigenvalue weighted by atomic mass is 9.68. The summed E-state index contributed by atoms with van der Waals surface area (Å²) in [6.07, 6.45) is -4.65. The zero-order chi connectivity index (χ0) is 31.1. The van der Waals surface area contributed by atoms with Gasteiger partial charge in [-0.1, -0.05) is 37.1 Å². The standard InChI is InChI=1S/C32H51FO9/c1-8-31(4,5)40-15-22-26(36)27(37)28(38)30(41-22)42-29-24-20(16(2)13-33)11-23(34)32(24,6)12-21-18(14-39-7)9-10-19(21)17(3)25(29)35/h8,12,16-19,22-23,25-30,34-38H,1,9-11,13-15H2,2-7H3/b21-12-/t16-,17+,18+,19-,22+,23-,25+,26+,27-,28+,29+,30+,32-/m0/s1. The summed E-state index contributed by atoms with van der Waals surface area (Å²) in [5.41, 5.74) is 0.651. The molecule has 9 nitrogen and oxygen atoms in total. The Morgan fingerprint density at radius 3 is 2.43 bits per heavy atom. The third-order valence-electron chi connectivity index (χ3n) is 10.2. The fourth-order valence-electron chi connectivity index (χ4n) is 7.31. The molecule has 4 aliphatic rings. The van der Waals surface area contributed by atoms with Crippen molar-refractivity contribution in [3.05, 3.63) is 35.5 Å². The number of hydrogen-bond acceptors (Lipinski definition) is 9. The Bertz CT molecular complexity index is 1030. The van der Waals surface area contributed by atoms with Gasteiger partial charge < -0.3 is 44.5 Å². The number of ether oxygens (including phenoxy) is 4. The highest BCUT2D eigenvalue weighted by Gasteiger charge is 2.55. The Morgan fingerprint density at radius 2 is 1.81 bits per heavy atom. The van der Waals surface area contributed by atoms with Crippen molar-refractivity contribution in [1.29, 1.82) is 0 Å². The number of rotatable bonds is 10. The summed E-state index contributed by atoms with van der Waals surface area (Å²) in [5, 5.41) is 55.9. The minimum Gasteiger partial charge on any atom is -0.392 e. The molecule has 42 heavy (non-hydrogen) atoms. The first-order valence-electron chi connectivity index (χ1n) is 15.2. The lowest BCUT2D eigenvalue weighted by Gasteiger charge is -2.46. The van der Waals surface area contributed by atoms with Crippen LogP contribution in [0.3, 0.4) is 0 Å². The van der Waals surface area contributed by atoms with Gasteiger partial charge in [-0.3, -0.25) is 4.39 Å². The molecule has 0 radical (unpaired) electrons. The molecule has 4 rings (SSSR count). The Labute approximate surface area is 249 Å². The molecule has 10 heteroatoms. The van der Waals surface area contributed by atoms with E-state index in [2.05, 4.69) is 12.7 Å². The van der Waals surface area contributed by atoms with Gasteiger partial charge in [0, 0.05) is 24.4 Å². The second-order valence-electron chi connectivity index (χ2n) is 13.5. The van der Waals surface area contributed by atoms with Crippen molar-refractivity contribution in [3.63, 3.8) is 0 Å². The van der Waals surface area contributed by atoms with E-state index in [4.69, 9.17) is 18.9 Å². The Kier molecular flexibility index (Phi) is 10.4. The van der Waals surface area contributed by atoms with Gasteiger partial charge in [-0.05, 0) is 57.4 Å². The van der Waals surface area contributed by atoms with Crippen molar-refractivity contribution >= 4 is 0 Å². The molecule has 0 unspecified atom stereocenters. The maximum absolute atomic E-state index is 14.2. The molecule has 240 valence electrons. The normalized spacial score (nSPS) is 44.6. The molecule has 0 aromatic carbocycles. The zero-order valence-electron chi connectivity index (χ0n) is 25.8. The molecule has 1 heterocycles. The number of hydrogen-bond donors (Lipinski definition) is 5. The van der Waals surface area contributed by atoms with Crippen LogP contribution in [0.5, 0.6) is 0 Å². The van der Waals surface area contributed by atoms with Gasteiger partial charge in [0.05, 0.1) is 37.7 Å². The van der Waals surface area contributed by atoms with Crippen LogP contribution in [0.25, 0.3) is 0 Å². The molecule has 1 saturated heterocycles. The largest absolute Gasteiger partial charge is 0.392 e. The topological polar surface area (TPSA) is 138 Å². The molecule has 1 saturated carbocycles.